The molecule has 0 aliphatic carbocycles. The van der Waals surface area contributed by atoms with Gasteiger partial charge in [0.25, 0.3) is 0 Å². The van der Waals surface area contributed by atoms with E-state index in [1.54, 1.807) is 0 Å². The van der Waals surface area contributed by atoms with E-state index in [0.717, 1.165) is 11.1 Å². The Bertz CT molecular complexity index is 634. The minimum Gasteiger partial charge on any atom is -0.444 e. The van der Waals surface area contributed by atoms with Crippen molar-refractivity contribution in [2.75, 3.05) is 6.61 Å². The van der Waals surface area contributed by atoms with Gasteiger partial charge in [0.2, 0.25) is 0 Å². The largest absolute Gasteiger partial charge is 0.444 e. The lowest BCUT2D eigenvalue weighted by Gasteiger charge is -2.17. The molecule has 1 N–H and O–H groups in total. The van der Waals surface area contributed by atoms with Crippen LogP contribution in [0.2, 0.25) is 5.02 Å². The van der Waals surface area contributed by atoms with Crippen LogP contribution in [-0.4, -0.2) is 18.8 Å². The monoisotopic (exact) mass is 347 g/mol. The maximum absolute atomic E-state index is 11.9. The zero-order valence-corrected chi connectivity index (χ0v) is 14.5. The first kappa shape index (κ1) is 18.3. The maximum atomic E-state index is 11.9. The number of carbonyl (C=O) groups is 1. The highest BCUT2D eigenvalue weighted by Gasteiger charge is 2.13. The molecule has 128 valence electrons. The van der Waals surface area contributed by atoms with Gasteiger partial charge >= 0.3 is 6.09 Å². The Morgan fingerprint density at radius 2 is 1.83 bits per heavy atom. The van der Waals surface area contributed by atoms with Crippen molar-refractivity contribution in [1.82, 2.24) is 5.32 Å². The number of hydrogen-bond acceptors (Lipinski definition) is 3. The third-order valence-corrected chi connectivity index (χ3v) is 3.90. The lowest BCUT2D eigenvalue weighted by atomic mass is 10.2. The van der Waals surface area contributed by atoms with Crippen molar-refractivity contribution < 1.29 is 14.3 Å². The Morgan fingerprint density at radius 1 is 1.12 bits per heavy atom. The predicted octanol–water partition coefficient (Wildman–Crippen LogP) is 4.56. The van der Waals surface area contributed by atoms with Crippen molar-refractivity contribution in [3.8, 4) is 0 Å². The standard InChI is InChI=1S/C19H22ClNO3/c1-2-17(14-23-13-16-10-6-7-11-18(16)20)24-19(22)21-12-15-8-4-3-5-9-15/h3-11,17H,2,12-14H2,1H3,(H,21,22). The Kier molecular flexibility index (Phi) is 7.59. The number of alkyl carbamates (subject to hydrolysis) is 1. The van der Waals surface area contributed by atoms with Gasteiger partial charge in [-0.1, -0.05) is 67.1 Å². The molecule has 0 radical (unpaired) electrons. The molecule has 5 heteroatoms. The molecular weight excluding hydrogens is 326 g/mol. The summed E-state index contributed by atoms with van der Waals surface area (Å²) in [5.41, 5.74) is 1.94. The molecule has 4 nitrogen and oxygen atoms in total. The van der Waals surface area contributed by atoms with Crippen molar-refractivity contribution in [2.24, 2.45) is 0 Å². The van der Waals surface area contributed by atoms with E-state index >= 15 is 0 Å². The highest BCUT2D eigenvalue weighted by molar-refractivity contribution is 6.31. The van der Waals surface area contributed by atoms with Crippen molar-refractivity contribution in [1.29, 1.82) is 0 Å². The molecular formula is C19H22ClNO3. The van der Waals surface area contributed by atoms with Crippen LogP contribution in [0.15, 0.2) is 54.6 Å². The summed E-state index contributed by atoms with van der Waals surface area (Å²) in [6.45, 7) is 3.12. The van der Waals surface area contributed by atoms with E-state index in [1.807, 2.05) is 61.5 Å². The zero-order valence-electron chi connectivity index (χ0n) is 13.7. The van der Waals surface area contributed by atoms with E-state index in [1.165, 1.54) is 0 Å². The van der Waals surface area contributed by atoms with Crippen LogP contribution < -0.4 is 5.32 Å². The summed E-state index contributed by atoms with van der Waals surface area (Å²) in [4.78, 5) is 11.9. The van der Waals surface area contributed by atoms with E-state index in [2.05, 4.69) is 5.32 Å². The molecule has 2 aromatic carbocycles. The summed E-state index contributed by atoms with van der Waals surface area (Å²) >= 11 is 6.08. The molecule has 0 saturated carbocycles. The molecule has 0 heterocycles. The smallest absolute Gasteiger partial charge is 0.407 e. The Hall–Kier alpha value is -2.04. The highest BCUT2D eigenvalue weighted by atomic mass is 35.5. The molecule has 0 aromatic heterocycles. The fourth-order valence-corrected chi connectivity index (χ4v) is 2.30. The van der Waals surface area contributed by atoms with Crippen molar-refractivity contribution >= 4 is 17.7 Å². The number of halogens is 1. The summed E-state index contributed by atoms with van der Waals surface area (Å²) in [7, 11) is 0. The van der Waals surface area contributed by atoms with Gasteiger partial charge in [0.15, 0.2) is 0 Å². The minimum atomic E-state index is -0.438. The second-order valence-electron chi connectivity index (χ2n) is 5.38. The molecule has 0 aliphatic rings. The Morgan fingerprint density at radius 3 is 2.54 bits per heavy atom. The minimum absolute atomic E-state index is 0.289. The first-order valence-electron chi connectivity index (χ1n) is 7.98. The zero-order chi connectivity index (χ0) is 17.2. The van der Waals surface area contributed by atoms with Gasteiger partial charge < -0.3 is 14.8 Å². The SMILES string of the molecule is CCC(COCc1ccccc1Cl)OC(=O)NCc1ccccc1. The van der Waals surface area contributed by atoms with Crippen LogP contribution in [0.4, 0.5) is 4.79 Å². The van der Waals surface area contributed by atoms with Crippen molar-refractivity contribution in [3.05, 3.63) is 70.7 Å². The van der Waals surface area contributed by atoms with Gasteiger partial charge in [0, 0.05) is 11.6 Å². The normalized spacial score (nSPS) is 11.8. The molecule has 0 bridgehead atoms. The van der Waals surface area contributed by atoms with Gasteiger partial charge in [-0.3, -0.25) is 0 Å². The van der Waals surface area contributed by atoms with Crippen molar-refractivity contribution in [3.63, 3.8) is 0 Å². The number of carbonyl (C=O) groups excluding carboxylic acids is 1. The first-order chi connectivity index (χ1) is 11.7. The Balaban J connectivity index is 1.71. The number of hydrogen-bond donors (Lipinski definition) is 1. The summed E-state index contributed by atoms with van der Waals surface area (Å²) in [6.07, 6.45) is -0.0447. The third kappa shape index (κ3) is 6.22. The molecule has 2 rings (SSSR count). The van der Waals surface area contributed by atoms with Gasteiger partial charge in [-0.15, -0.1) is 0 Å². The lowest BCUT2D eigenvalue weighted by molar-refractivity contribution is 0.0118. The van der Waals surface area contributed by atoms with E-state index in [-0.39, 0.29) is 6.10 Å². The number of amides is 1. The second kappa shape index (κ2) is 9.96. The molecule has 0 aliphatic heterocycles. The lowest BCUT2D eigenvalue weighted by Crippen LogP contribution is -2.30. The van der Waals surface area contributed by atoms with Crippen LogP contribution in [0.5, 0.6) is 0 Å². The molecule has 0 spiro atoms. The van der Waals surface area contributed by atoms with Crippen LogP contribution in [-0.2, 0) is 22.6 Å². The molecule has 0 fully saturated rings. The molecule has 0 saturated heterocycles. The van der Waals surface area contributed by atoms with E-state index < -0.39 is 6.09 Å². The molecule has 1 atom stereocenters. The summed E-state index contributed by atoms with van der Waals surface area (Å²) in [5.74, 6) is 0. The summed E-state index contributed by atoms with van der Waals surface area (Å²) < 4.78 is 11.0. The highest BCUT2D eigenvalue weighted by Crippen LogP contribution is 2.16. The molecule has 1 amide bonds. The predicted molar refractivity (Wildman–Crippen MR) is 94.9 cm³/mol. The number of nitrogens with one attached hydrogen (secondary N) is 1. The van der Waals surface area contributed by atoms with Gasteiger partial charge in [-0.25, -0.2) is 4.79 Å². The quantitative estimate of drug-likeness (QED) is 0.761. The van der Waals surface area contributed by atoms with Gasteiger partial charge in [0.1, 0.15) is 6.10 Å². The molecule has 24 heavy (non-hydrogen) atoms. The average molecular weight is 348 g/mol. The third-order valence-electron chi connectivity index (χ3n) is 3.53. The summed E-state index contributed by atoms with van der Waals surface area (Å²) in [6, 6.07) is 17.2. The van der Waals surface area contributed by atoms with Crippen LogP contribution in [0.25, 0.3) is 0 Å². The van der Waals surface area contributed by atoms with Crippen LogP contribution in [0.1, 0.15) is 24.5 Å². The van der Waals surface area contributed by atoms with Gasteiger partial charge in [0.05, 0.1) is 13.2 Å². The van der Waals surface area contributed by atoms with E-state index in [4.69, 9.17) is 21.1 Å². The van der Waals surface area contributed by atoms with E-state index in [9.17, 15) is 4.79 Å². The van der Waals surface area contributed by atoms with Crippen LogP contribution in [0, 0.1) is 0 Å². The van der Waals surface area contributed by atoms with Crippen molar-refractivity contribution in [2.45, 2.75) is 32.6 Å². The topological polar surface area (TPSA) is 47.6 Å². The molecule has 2 aromatic rings. The molecule has 1 unspecified atom stereocenters. The number of ether oxygens (including phenoxy) is 2. The number of benzene rings is 2. The maximum Gasteiger partial charge on any atom is 0.407 e. The number of rotatable bonds is 8. The summed E-state index contributed by atoms with van der Waals surface area (Å²) in [5, 5.41) is 3.42. The second-order valence-corrected chi connectivity index (χ2v) is 5.79. The van der Waals surface area contributed by atoms with Gasteiger partial charge in [-0.2, -0.15) is 0 Å². The Labute approximate surface area is 147 Å². The fourth-order valence-electron chi connectivity index (χ4n) is 2.11. The fraction of sp³-hybridized carbons (Fsp3) is 0.316. The van der Waals surface area contributed by atoms with Crippen LogP contribution in [0.3, 0.4) is 0 Å². The van der Waals surface area contributed by atoms with E-state index in [0.29, 0.717) is 31.2 Å². The average Bonchev–Trinajstić information content (AvgIpc) is 2.61. The van der Waals surface area contributed by atoms with Crippen LogP contribution >= 0.6 is 11.6 Å². The first-order valence-corrected chi connectivity index (χ1v) is 8.36. The van der Waals surface area contributed by atoms with Gasteiger partial charge in [-0.05, 0) is 23.6 Å².